The molecule has 0 spiro atoms. The number of hydrogen-bond acceptors (Lipinski definition) is 5. The Morgan fingerprint density at radius 3 is 2.60 bits per heavy atom. The average molecular weight is 414 g/mol. The van der Waals surface area contributed by atoms with Crippen LogP contribution >= 0.6 is 0 Å². The number of aromatic nitrogens is 2. The van der Waals surface area contributed by atoms with Crippen LogP contribution in [0.2, 0.25) is 0 Å². The number of halogens is 3. The maximum absolute atomic E-state index is 12.9. The predicted molar refractivity (Wildman–Crippen MR) is 108 cm³/mol. The van der Waals surface area contributed by atoms with Gasteiger partial charge in [-0.25, -0.2) is 9.97 Å². The summed E-state index contributed by atoms with van der Waals surface area (Å²) in [4.78, 5) is 10.5. The minimum absolute atomic E-state index is 0.295. The third kappa shape index (κ3) is 4.54. The Balaban J connectivity index is 1.43. The summed E-state index contributed by atoms with van der Waals surface area (Å²) < 4.78 is 38.8. The zero-order chi connectivity index (χ0) is 21.1. The van der Waals surface area contributed by atoms with Gasteiger partial charge < -0.3 is 15.3 Å². The van der Waals surface area contributed by atoms with Crippen LogP contribution < -0.4 is 10.2 Å². The first kappa shape index (κ1) is 20.2. The van der Waals surface area contributed by atoms with E-state index >= 15 is 0 Å². The Morgan fingerprint density at radius 2 is 1.83 bits per heavy atom. The number of hydrogen-bond donors (Lipinski definition) is 2. The van der Waals surface area contributed by atoms with Crippen LogP contribution in [0.3, 0.4) is 0 Å². The Bertz CT molecular complexity index is 1010. The van der Waals surface area contributed by atoms with Gasteiger partial charge in [-0.3, -0.25) is 0 Å². The lowest BCUT2D eigenvalue weighted by atomic mass is 9.97. The Kier molecular flexibility index (Phi) is 5.59. The Hall–Kier alpha value is -3.13. The second kappa shape index (κ2) is 8.31. The van der Waals surface area contributed by atoms with Gasteiger partial charge in [0.2, 0.25) is 0 Å². The summed E-state index contributed by atoms with van der Waals surface area (Å²) in [6.07, 6.45) is -3.05. The van der Waals surface area contributed by atoms with Crippen LogP contribution in [-0.2, 0) is 19.1 Å². The molecule has 1 aromatic heterocycles. The van der Waals surface area contributed by atoms with Gasteiger partial charge in [-0.1, -0.05) is 36.4 Å². The molecule has 156 valence electrons. The van der Waals surface area contributed by atoms with E-state index in [-0.39, 0.29) is 0 Å². The lowest BCUT2D eigenvalue weighted by Gasteiger charge is -2.30. The van der Waals surface area contributed by atoms with Crippen molar-refractivity contribution >= 4 is 11.6 Å². The van der Waals surface area contributed by atoms with E-state index in [1.807, 2.05) is 35.2 Å². The first-order valence-corrected chi connectivity index (χ1v) is 9.63. The van der Waals surface area contributed by atoms with Gasteiger partial charge in [-0.2, -0.15) is 13.2 Å². The second-order valence-corrected chi connectivity index (χ2v) is 7.22. The molecule has 0 saturated heterocycles. The Morgan fingerprint density at radius 1 is 1.03 bits per heavy atom. The second-order valence-electron chi connectivity index (χ2n) is 7.22. The van der Waals surface area contributed by atoms with Crippen LogP contribution in [0.5, 0.6) is 0 Å². The molecule has 8 heteroatoms. The standard InChI is InChI=1S/C22H21F3N4O/c23-22(24,25)18-7-6-17-13-29(9-8-16(17)10-18)21-11-20(27-14-28-21)26-12-19(30)15-4-2-1-3-5-15/h1-7,10-11,14,19,30H,8-9,12-13H2,(H,26,27,28). The minimum Gasteiger partial charge on any atom is -0.387 e. The summed E-state index contributed by atoms with van der Waals surface area (Å²) in [5.74, 6) is 1.26. The molecule has 1 aliphatic rings. The summed E-state index contributed by atoms with van der Waals surface area (Å²) >= 11 is 0. The number of rotatable bonds is 5. The number of aliphatic hydroxyl groups is 1. The van der Waals surface area contributed by atoms with Crippen molar-refractivity contribution in [3.63, 3.8) is 0 Å². The van der Waals surface area contributed by atoms with Crippen molar-refractivity contribution in [2.45, 2.75) is 25.2 Å². The van der Waals surface area contributed by atoms with E-state index in [0.717, 1.165) is 22.8 Å². The SMILES string of the molecule is OC(CNc1cc(N2CCc3cc(C(F)(F)F)ccc3C2)ncn1)c1ccccc1. The first-order valence-electron chi connectivity index (χ1n) is 9.63. The molecule has 0 bridgehead atoms. The van der Waals surface area contributed by atoms with E-state index in [1.54, 1.807) is 12.1 Å². The first-order chi connectivity index (χ1) is 14.4. The molecule has 30 heavy (non-hydrogen) atoms. The molecule has 5 nitrogen and oxygen atoms in total. The van der Waals surface area contributed by atoms with Crippen molar-refractivity contribution < 1.29 is 18.3 Å². The van der Waals surface area contributed by atoms with Crippen LogP contribution in [0.4, 0.5) is 24.8 Å². The smallest absolute Gasteiger partial charge is 0.387 e. The number of nitrogens with one attached hydrogen (secondary N) is 1. The molecule has 0 amide bonds. The van der Waals surface area contributed by atoms with Crippen molar-refractivity contribution in [1.29, 1.82) is 0 Å². The molecule has 4 rings (SSSR count). The van der Waals surface area contributed by atoms with Crippen LogP contribution in [-0.4, -0.2) is 28.2 Å². The van der Waals surface area contributed by atoms with Crippen LogP contribution in [0, 0.1) is 0 Å². The third-order valence-electron chi connectivity index (χ3n) is 5.18. The van der Waals surface area contributed by atoms with Crippen LogP contribution in [0.25, 0.3) is 0 Å². The molecule has 0 saturated carbocycles. The molecule has 2 heterocycles. The van der Waals surface area contributed by atoms with Gasteiger partial charge in [0.25, 0.3) is 0 Å². The number of nitrogens with zero attached hydrogens (tertiary/aromatic N) is 3. The molecule has 1 atom stereocenters. The summed E-state index contributed by atoms with van der Waals surface area (Å²) in [6.45, 7) is 1.34. The summed E-state index contributed by atoms with van der Waals surface area (Å²) in [7, 11) is 0. The zero-order valence-electron chi connectivity index (χ0n) is 16.1. The fraction of sp³-hybridized carbons (Fsp3) is 0.273. The van der Waals surface area contributed by atoms with E-state index in [2.05, 4.69) is 15.3 Å². The molecule has 1 aliphatic heterocycles. The summed E-state index contributed by atoms with van der Waals surface area (Å²) in [5, 5.41) is 13.4. The monoisotopic (exact) mass is 414 g/mol. The summed E-state index contributed by atoms with van der Waals surface area (Å²) in [6, 6.07) is 15.0. The van der Waals surface area contributed by atoms with Crippen molar-refractivity contribution in [2.24, 2.45) is 0 Å². The number of aliphatic hydroxyl groups excluding tert-OH is 1. The van der Waals surface area contributed by atoms with Gasteiger partial charge in [0.15, 0.2) is 0 Å². The van der Waals surface area contributed by atoms with Gasteiger partial charge in [-0.05, 0) is 35.2 Å². The molecule has 0 aliphatic carbocycles. The maximum Gasteiger partial charge on any atom is 0.416 e. The van der Waals surface area contributed by atoms with Gasteiger partial charge in [0.05, 0.1) is 11.7 Å². The zero-order valence-corrected chi connectivity index (χ0v) is 16.1. The number of benzene rings is 2. The fourth-order valence-corrected chi connectivity index (χ4v) is 3.54. The number of anilines is 2. The highest BCUT2D eigenvalue weighted by atomic mass is 19.4. The van der Waals surface area contributed by atoms with Gasteiger partial charge >= 0.3 is 6.18 Å². The molecule has 2 aromatic carbocycles. The maximum atomic E-state index is 12.9. The molecular weight excluding hydrogens is 393 g/mol. The lowest BCUT2D eigenvalue weighted by molar-refractivity contribution is -0.137. The van der Waals surface area contributed by atoms with Gasteiger partial charge in [0, 0.05) is 25.7 Å². The minimum atomic E-state index is -4.33. The molecule has 0 fully saturated rings. The highest BCUT2D eigenvalue weighted by molar-refractivity contribution is 5.51. The highest BCUT2D eigenvalue weighted by Gasteiger charge is 2.31. The predicted octanol–water partition coefficient (Wildman–Crippen LogP) is 4.20. The molecule has 1 unspecified atom stereocenters. The van der Waals surface area contributed by atoms with E-state index in [0.29, 0.717) is 37.7 Å². The van der Waals surface area contributed by atoms with Crippen LogP contribution in [0.15, 0.2) is 60.9 Å². The average Bonchev–Trinajstić information content (AvgIpc) is 2.77. The van der Waals surface area contributed by atoms with Crippen molar-refractivity contribution in [1.82, 2.24) is 9.97 Å². The van der Waals surface area contributed by atoms with Gasteiger partial charge in [0.1, 0.15) is 18.0 Å². The topological polar surface area (TPSA) is 61.3 Å². The molecule has 0 radical (unpaired) electrons. The largest absolute Gasteiger partial charge is 0.416 e. The van der Waals surface area contributed by atoms with Crippen molar-refractivity contribution in [2.75, 3.05) is 23.3 Å². The van der Waals surface area contributed by atoms with Crippen LogP contribution in [0.1, 0.15) is 28.4 Å². The van der Waals surface area contributed by atoms with E-state index in [1.165, 1.54) is 12.4 Å². The normalized spacial score (nSPS) is 14.9. The third-order valence-corrected chi connectivity index (χ3v) is 5.18. The number of fused-ring (bicyclic) bond motifs is 1. The van der Waals surface area contributed by atoms with Crippen molar-refractivity contribution in [3.05, 3.63) is 83.2 Å². The quantitative estimate of drug-likeness (QED) is 0.655. The molecular formula is C22H21F3N4O. The van der Waals surface area contributed by atoms with Gasteiger partial charge in [-0.15, -0.1) is 0 Å². The van der Waals surface area contributed by atoms with E-state index in [4.69, 9.17) is 0 Å². The van der Waals surface area contributed by atoms with E-state index in [9.17, 15) is 18.3 Å². The fourth-order valence-electron chi connectivity index (χ4n) is 3.54. The van der Waals surface area contributed by atoms with Crippen molar-refractivity contribution in [3.8, 4) is 0 Å². The molecule has 3 aromatic rings. The summed E-state index contributed by atoms with van der Waals surface area (Å²) in [5.41, 5.74) is 1.78. The molecule has 2 N–H and O–H groups in total. The highest BCUT2D eigenvalue weighted by Crippen LogP contribution is 2.32. The van der Waals surface area contributed by atoms with E-state index < -0.39 is 17.8 Å². The lowest BCUT2D eigenvalue weighted by Crippen LogP contribution is -2.31. The number of alkyl halides is 3. The Labute approximate surface area is 172 Å².